The van der Waals surface area contributed by atoms with Crippen LogP contribution in [0, 0.1) is 12.8 Å². The van der Waals surface area contributed by atoms with Gasteiger partial charge in [0.15, 0.2) is 6.61 Å². The van der Waals surface area contributed by atoms with E-state index in [-0.39, 0.29) is 25.5 Å². The summed E-state index contributed by atoms with van der Waals surface area (Å²) in [5.41, 5.74) is 2.21. The van der Waals surface area contributed by atoms with E-state index in [1.165, 1.54) is 17.0 Å². The van der Waals surface area contributed by atoms with Crippen LogP contribution < -0.4 is 10.2 Å². The first kappa shape index (κ1) is 23.3. The Bertz CT molecular complexity index is 1040. The number of nitrogens with one attached hydrogen (secondary N) is 1. The first-order valence-corrected chi connectivity index (χ1v) is 10.5. The van der Waals surface area contributed by atoms with Gasteiger partial charge in [-0.25, -0.2) is 4.79 Å². The molecule has 0 spiro atoms. The summed E-state index contributed by atoms with van der Waals surface area (Å²) < 4.78 is 10.0. The van der Waals surface area contributed by atoms with Gasteiger partial charge in [-0.15, -0.1) is 0 Å². The Balaban J connectivity index is 1.51. The number of rotatable bonds is 7. The molecule has 0 bridgehead atoms. The smallest absolute Gasteiger partial charge is 0.338 e. The van der Waals surface area contributed by atoms with E-state index in [0.29, 0.717) is 22.0 Å². The van der Waals surface area contributed by atoms with Gasteiger partial charge in [-0.2, -0.15) is 0 Å². The zero-order valence-corrected chi connectivity index (χ0v) is 18.5. The molecule has 0 unspecified atom stereocenters. The van der Waals surface area contributed by atoms with Gasteiger partial charge in [0.2, 0.25) is 5.91 Å². The predicted molar refractivity (Wildman–Crippen MR) is 119 cm³/mol. The molecule has 2 amide bonds. The zero-order chi connectivity index (χ0) is 23.3. The van der Waals surface area contributed by atoms with Crippen LogP contribution in [-0.4, -0.2) is 43.5 Å². The maximum Gasteiger partial charge on any atom is 0.338 e. The maximum atomic E-state index is 12.4. The number of nitrogens with zero attached hydrogens (tertiary/aromatic N) is 1. The average molecular weight is 459 g/mol. The predicted octanol–water partition coefficient (Wildman–Crippen LogP) is 3.36. The summed E-state index contributed by atoms with van der Waals surface area (Å²) in [6, 6.07) is 11.4. The van der Waals surface area contributed by atoms with Gasteiger partial charge in [0, 0.05) is 29.4 Å². The minimum Gasteiger partial charge on any atom is -0.462 e. The Kier molecular flexibility index (Phi) is 7.48. The Morgan fingerprint density at radius 3 is 2.53 bits per heavy atom. The number of hydrogen-bond donors (Lipinski definition) is 1. The van der Waals surface area contributed by atoms with E-state index in [0.717, 1.165) is 5.56 Å². The lowest BCUT2D eigenvalue weighted by molar-refractivity contribution is -0.151. The Hall–Kier alpha value is -3.39. The summed E-state index contributed by atoms with van der Waals surface area (Å²) in [6.45, 7) is 3.46. The van der Waals surface area contributed by atoms with E-state index < -0.39 is 30.4 Å². The number of ether oxygens (including phenoxy) is 2. The fourth-order valence-electron chi connectivity index (χ4n) is 3.34. The van der Waals surface area contributed by atoms with Crippen molar-refractivity contribution in [2.45, 2.75) is 20.3 Å². The van der Waals surface area contributed by atoms with Crippen molar-refractivity contribution in [3.8, 4) is 0 Å². The molecule has 1 aliphatic heterocycles. The standard InChI is InChI=1S/C23H23ClN2O6/c1-3-31-22(29)15-7-9-17(10-8-15)25-20(27)13-32-23(30)16-11-21(28)26(12-16)19-6-4-5-18(24)14(19)2/h4-10,16H,3,11-13H2,1-2H3,(H,25,27)/t16-/m1/s1. The van der Waals surface area contributed by atoms with Crippen molar-refractivity contribution in [3.63, 3.8) is 0 Å². The van der Waals surface area contributed by atoms with Crippen molar-refractivity contribution in [1.29, 1.82) is 0 Å². The van der Waals surface area contributed by atoms with Gasteiger partial charge in [-0.1, -0.05) is 17.7 Å². The lowest BCUT2D eigenvalue weighted by Gasteiger charge is -2.19. The quantitative estimate of drug-likeness (QED) is 0.638. The van der Waals surface area contributed by atoms with Gasteiger partial charge < -0.3 is 19.7 Å². The third kappa shape index (κ3) is 5.45. The molecule has 1 atom stereocenters. The summed E-state index contributed by atoms with van der Waals surface area (Å²) in [5, 5.41) is 3.12. The molecular weight excluding hydrogens is 436 g/mol. The van der Waals surface area contributed by atoms with Crippen molar-refractivity contribution in [2.75, 3.05) is 30.0 Å². The van der Waals surface area contributed by atoms with Crippen LogP contribution >= 0.6 is 11.6 Å². The molecule has 1 heterocycles. The second-order valence-corrected chi connectivity index (χ2v) is 7.65. The Labute approximate surface area is 190 Å². The summed E-state index contributed by atoms with van der Waals surface area (Å²) >= 11 is 6.13. The first-order chi connectivity index (χ1) is 15.3. The number of hydrogen-bond acceptors (Lipinski definition) is 6. The van der Waals surface area contributed by atoms with Crippen LogP contribution in [0.5, 0.6) is 0 Å². The molecule has 2 aromatic rings. The molecule has 8 nitrogen and oxygen atoms in total. The second-order valence-electron chi connectivity index (χ2n) is 7.24. The topological polar surface area (TPSA) is 102 Å². The van der Waals surface area contributed by atoms with Crippen LogP contribution in [0.3, 0.4) is 0 Å². The SMILES string of the molecule is CCOC(=O)c1ccc(NC(=O)COC(=O)[C@@H]2CC(=O)N(c3cccc(Cl)c3C)C2)cc1. The highest BCUT2D eigenvalue weighted by atomic mass is 35.5. The molecule has 1 N–H and O–H groups in total. The monoisotopic (exact) mass is 458 g/mol. The highest BCUT2D eigenvalue weighted by Crippen LogP contribution is 2.31. The van der Waals surface area contributed by atoms with Crippen molar-refractivity contribution in [1.82, 2.24) is 0 Å². The van der Waals surface area contributed by atoms with Crippen LogP contribution in [0.15, 0.2) is 42.5 Å². The van der Waals surface area contributed by atoms with Gasteiger partial charge in [0.25, 0.3) is 5.91 Å². The van der Waals surface area contributed by atoms with Crippen LogP contribution in [0.25, 0.3) is 0 Å². The van der Waals surface area contributed by atoms with Crippen LogP contribution in [0.1, 0.15) is 29.3 Å². The van der Waals surface area contributed by atoms with Gasteiger partial charge >= 0.3 is 11.9 Å². The molecule has 1 saturated heterocycles. The van der Waals surface area contributed by atoms with E-state index in [2.05, 4.69) is 5.32 Å². The van der Waals surface area contributed by atoms with E-state index in [1.807, 2.05) is 0 Å². The second kappa shape index (κ2) is 10.3. The summed E-state index contributed by atoms with van der Waals surface area (Å²) in [6.07, 6.45) is 0.00171. The first-order valence-electron chi connectivity index (χ1n) is 10.1. The molecule has 2 aromatic carbocycles. The van der Waals surface area contributed by atoms with Gasteiger partial charge in [0.05, 0.1) is 18.1 Å². The normalized spacial score (nSPS) is 15.4. The fraction of sp³-hybridized carbons (Fsp3) is 0.304. The Morgan fingerprint density at radius 2 is 1.84 bits per heavy atom. The average Bonchev–Trinajstić information content (AvgIpc) is 3.16. The third-order valence-corrected chi connectivity index (χ3v) is 5.42. The number of carbonyl (C=O) groups is 4. The molecule has 9 heteroatoms. The van der Waals surface area contributed by atoms with Crippen molar-refractivity contribution < 1.29 is 28.7 Å². The molecule has 1 fully saturated rings. The van der Waals surface area contributed by atoms with E-state index in [4.69, 9.17) is 21.1 Å². The Morgan fingerprint density at radius 1 is 1.12 bits per heavy atom. The number of benzene rings is 2. The summed E-state index contributed by atoms with van der Waals surface area (Å²) in [5.74, 6) is -2.48. The molecule has 168 valence electrons. The molecule has 32 heavy (non-hydrogen) atoms. The highest BCUT2D eigenvalue weighted by Gasteiger charge is 2.37. The fourth-order valence-corrected chi connectivity index (χ4v) is 3.51. The van der Waals surface area contributed by atoms with Crippen molar-refractivity contribution >= 4 is 46.7 Å². The number of halogens is 1. The molecule has 0 radical (unpaired) electrons. The molecular formula is C23H23ClN2O6. The van der Waals surface area contributed by atoms with E-state index in [9.17, 15) is 19.2 Å². The molecule has 0 aliphatic carbocycles. The minimum absolute atomic E-state index is 0.00171. The van der Waals surface area contributed by atoms with E-state index >= 15 is 0 Å². The van der Waals surface area contributed by atoms with Crippen molar-refractivity contribution in [2.24, 2.45) is 5.92 Å². The zero-order valence-electron chi connectivity index (χ0n) is 17.7. The molecule has 0 aromatic heterocycles. The number of anilines is 2. The maximum absolute atomic E-state index is 12.4. The third-order valence-electron chi connectivity index (χ3n) is 5.01. The van der Waals surface area contributed by atoms with Gasteiger partial charge in [-0.05, 0) is 55.8 Å². The number of esters is 2. The van der Waals surface area contributed by atoms with Crippen molar-refractivity contribution in [3.05, 3.63) is 58.6 Å². The van der Waals surface area contributed by atoms with Gasteiger partial charge in [0.1, 0.15) is 0 Å². The van der Waals surface area contributed by atoms with Gasteiger partial charge in [-0.3, -0.25) is 14.4 Å². The van der Waals surface area contributed by atoms with Crippen LogP contribution in [0.4, 0.5) is 11.4 Å². The molecule has 1 aliphatic rings. The summed E-state index contributed by atoms with van der Waals surface area (Å²) in [7, 11) is 0. The lowest BCUT2D eigenvalue weighted by Crippen LogP contribution is -2.28. The molecule has 0 saturated carbocycles. The van der Waals surface area contributed by atoms with Crippen LogP contribution in [0.2, 0.25) is 5.02 Å². The number of carbonyl (C=O) groups excluding carboxylic acids is 4. The lowest BCUT2D eigenvalue weighted by atomic mass is 10.1. The largest absolute Gasteiger partial charge is 0.462 e. The number of amides is 2. The molecule has 3 rings (SSSR count). The summed E-state index contributed by atoms with van der Waals surface area (Å²) in [4.78, 5) is 50.1. The highest BCUT2D eigenvalue weighted by molar-refractivity contribution is 6.31. The van der Waals surface area contributed by atoms with Crippen LogP contribution in [-0.2, 0) is 23.9 Å². The minimum atomic E-state index is -0.669. The van der Waals surface area contributed by atoms with E-state index in [1.54, 1.807) is 44.2 Å².